The predicted octanol–water partition coefficient (Wildman–Crippen LogP) is 3.83. The molecule has 2 saturated heterocycles. The number of ketones is 1. The summed E-state index contributed by atoms with van der Waals surface area (Å²) in [6, 6.07) is 9.73. The Kier molecular flexibility index (Phi) is 5.21. The summed E-state index contributed by atoms with van der Waals surface area (Å²) in [6.45, 7) is 9.82. The second-order valence-corrected chi connectivity index (χ2v) is 8.97. The molecule has 0 unspecified atom stereocenters. The Morgan fingerprint density at radius 1 is 1.26 bits per heavy atom. The smallest absolute Gasteiger partial charge is 0.349 e. The zero-order chi connectivity index (χ0) is 19.9. The summed E-state index contributed by atoms with van der Waals surface area (Å²) in [6.07, 6.45) is 0.787. The standard InChI is InChI=1S/C22H30O5/c1-15(2)21-12-11-17(23)22(27-21,19(24)26-20(3,4)5)18(13-21)25-14-16-9-7-6-8-10-16/h6-10,15,18H,11-14H2,1-5H3/t18-,21-,22+/m1/s1. The highest BCUT2D eigenvalue weighted by atomic mass is 16.6. The van der Waals surface area contributed by atoms with Crippen molar-refractivity contribution in [3.63, 3.8) is 0 Å². The lowest BCUT2D eigenvalue weighted by Crippen LogP contribution is -2.60. The minimum absolute atomic E-state index is 0.165. The minimum Gasteiger partial charge on any atom is -0.457 e. The lowest BCUT2D eigenvalue weighted by molar-refractivity contribution is -0.213. The van der Waals surface area contributed by atoms with E-state index in [0.29, 0.717) is 25.9 Å². The lowest BCUT2D eigenvalue weighted by atomic mass is 9.83. The van der Waals surface area contributed by atoms with Crippen LogP contribution in [-0.2, 0) is 30.4 Å². The summed E-state index contributed by atoms with van der Waals surface area (Å²) >= 11 is 0. The first-order valence-corrected chi connectivity index (χ1v) is 9.71. The normalized spacial score (nSPS) is 30.6. The van der Waals surface area contributed by atoms with E-state index in [1.165, 1.54) is 0 Å². The molecule has 2 heterocycles. The van der Waals surface area contributed by atoms with Gasteiger partial charge >= 0.3 is 5.97 Å². The third-order valence-corrected chi connectivity index (χ3v) is 5.59. The molecule has 0 aliphatic carbocycles. The Bertz CT molecular complexity index is 705. The van der Waals surface area contributed by atoms with Crippen molar-refractivity contribution < 1.29 is 23.8 Å². The maximum absolute atomic E-state index is 13.1. The summed E-state index contributed by atoms with van der Waals surface area (Å²) in [5, 5.41) is 0. The Balaban J connectivity index is 1.92. The number of hydrogen-bond acceptors (Lipinski definition) is 5. The van der Waals surface area contributed by atoms with Gasteiger partial charge in [-0.2, -0.15) is 0 Å². The van der Waals surface area contributed by atoms with Crippen LogP contribution in [0.4, 0.5) is 0 Å². The first-order valence-electron chi connectivity index (χ1n) is 9.71. The second kappa shape index (κ2) is 7.02. The highest BCUT2D eigenvalue weighted by molar-refractivity contribution is 6.09. The lowest BCUT2D eigenvalue weighted by Gasteiger charge is -2.41. The van der Waals surface area contributed by atoms with Crippen molar-refractivity contribution in [2.24, 2.45) is 5.92 Å². The van der Waals surface area contributed by atoms with Crippen molar-refractivity contribution in [2.45, 2.75) is 83.4 Å². The highest BCUT2D eigenvalue weighted by Crippen LogP contribution is 2.52. The van der Waals surface area contributed by atoms with Gasteiger partial charge in [-0.05, 0) is 38.7 Å². The molecular weight excluding hydrogens is 344 g/mol. The third-order valence-electron chi connectivity index (χ3n) is 5.59. The number of carbonyl (C=O) groups excluding carboxylic acids is 2. The summed E-state index contributed by atoms with van der Waals surface area (Å²) in [7, 11) is 0. The maximum atomic E-state index is 13.1. The second-order valence-electron chi connectivity index (χ2n) is 8.97. The van der Waals surface area contributed by atoms with Crippen LogP contribution in [0.15, 0.2) is 30.3 Å². The fraction of sp³-hybridized carbons (Fsp3) is 0.636. The topological polar surface area (TPSA) is 61.8 Å². The van der Waals surface area contributed by atoms with Crippen molar-refractivity contribution in [1.29, 1.82) is 0 Å². The fourth-order valence-corrected chi connectivity index (χ4v) is 4.02. The van der Waals surface area contributed by atoms with E-state index < -0.39 is 28.9 Å². The molecule has 2 fully saturated rings. The van der Waals surface area contributed by atoms with Crippen LogP contribution < -0.4 is 0 Å². The van der Waals surface area contributed by atoms with Gasteiger partial charge in [0.1, 0.15) is 11.7 Å². The van der Waals surface area contributed by atoms with Gasteiger partial charge in [-0.15, -0.1) is 0 Å². The molecule has 2 aliphatic rings. The zero-order valence-electron chi connectivity index (χ0n) is 16.9. The van der Waals surface area contributed by atoms with Crippen LogP contribution in [0.3, 0.4) is 0 Å². The molecule has 0 spiro atoms. The van der Waals surface area contributed by atoms with E-state index in [1.807, 2.05) is 30.3 Å². The number of fused-ring (bicyclic) bond motifs is 2. The molecule has 0 radical (unpaired) electrons. The monoisotopic (exact) mass is 374 g/mol. The van der Waals surface area contributed by atoms with E-state index in [4.69, 9.17) is 14.2 Å². The van der Waals surface area contributed by atoms with Crippen molar-refractivity contribution in [2.75, 3.05) is 0 Å². The number of esters is 1. The molecule has 27 heavy (non-hydrogen) atoms. The van der Waals surface area contributed by atoms with E-state index in [-0.39, 0.29) is 11.7 Å². The molecule has 0 amide bonds. The molecule has 3 rings (SSSR count). The van der Waals surface area contributed by atoms with Crippen LogP contribution in [0.2, 0.25) is 0 Å². The maximum Gasteiger partial charge on any atom is 0.349 e. The third kappa shape index (κ3) is 3.67. The van der Waals surface area contributed by atoms with Gasteiger partial charge in [-0.25, -0.2) is 4.79 Å². The summed E-state index contributed by atoms with van der Waals surface area (Å²) in [5.74, 6) is -0.693. The molecule has 2 aliphatic heterocycles. The molecule has 3 atom stereocenters. The molecule has 0 aromatic heterocycles. The van der Waals surface area contributed by atoms with Crippen molar-refractivity contribution in [3.8, 4) is 0 Å². The van der Waals surface area contributed by atoms with Crippen LogP contribution in [0.1, 0.15) is 59.4 Å². The molecule has 5 nitrogen and oxygen atoms in total. The van der Waals surface area contributed by atoms with E-state index >= 15 is 0 Å². The van der Waals surface area contributed by atoms with Crippen LogP contribution >= 0.6 is 0 Å². The van der Waals surface area contributed by atoms with Crippen LogP contribution in [-0.4, -0.2) is 34.7 Å². The van der Waals surface area contributed by atoms with E-state index in [2.05, 4.69) is 13.8 Å². The number of Topliss-reactive ketones (excluding diaryl/α,β-unsaturated/α-hetero) is 1. The quantitative estimate of drug-likeness (QED) is 0.579. The Hall–Kier alpha value is -1.72. The van der Waals surface area contributed by atoms with Gasteiger partial charge in [0.15, 0.2) is 5.78 Å². The summed E-state index contributed by atoms with van der Waals surface area (Å²) in [4.78, 5) is 26.1. The number of rotatable bonds is 5. The average molecular weight is 374 g/mol. The number of hydrogen-bond donors (Lipinski definition) is 0. The first-order chi connectivity index (χ1) is 12.6. The molecule has 5 heteroatoms. The molecule has 0 N–H and O–H groups in total. The van der Waals surface area contributed by atoms with Crippen molar-refractivity contribution in [1.82, 2.24) is 0 Å². The Morgan fingerprint density at radius 3 is 2.52 bits per heavy atom. The fourth-order valence-electron chi connectivity index (χ4n) is 4.02. The molecule has 148 valence electrons. The van der Waals surface area contributed by atoms with Gasteiger partial charge in [-0.3, -0.25) is 4.79 Å². The van der Waals surface area contributed by atoms with Gasteiger partial charge in [0.2, 0.25) is 5.60 Å². The van der Waals surface area contributed by atoms with Gasteiger partial charge in [0.05, 0.1) is 12.2 Å². The molecule has 1 aromatic carbocycles. The Morgan fingerprint density at radius 2 is 1.93 bits per heavy atom. The van der Waals surface area contributed by atoms with Crippen LogP contribution in [0, 0.1) is 5.92 Å². The highest BCUT2D eigenvalue weighted by Gasteiger charge is 2.69. The van der Waals surface area contributed by atoms with E-state index in [9.17, 15) is 9.59 Å². The SMILES string of the molecule is CC(C)[C@]12CCC(=O)[C@](C(=O)OC(C)(C)C)(O1)[C@H](OCc1ccccc1)C2. The summed E-state index contributed by atoms with van der Waals surface area (Å²) in [5.41, 5.74) is -1.92. The van der Waals surface area contributed by atoms with E-state index in [0.717, 1.165) is 5.56 Å². The predicted molar refractivity (Wildman–Crippen MR) is 101 cm³/mol. The number of ether oxygens (including phenoxy) is 3. The van der Waals surface area contributed by atoms with Gasteiger partial charge < -0.3 is 14.2 Å². The van der Waals surface area contributed by atoms with Crippen LogP contribution in [0.5, 0.6) is 0 Å². The van der Waals surface area contributed by atoms with Gasteiger partial charge in [0, 0.05) is 12.8 Å². The van der Waals surface area contributed by atoms with Gasteiger partial charge in [0.25, 0.3) is 0 Å². The number of benzene rings is 1. The minimum atomic E-state index is -1.66. The van der Waals surface area contributed by atoms with Gasteiger partial charge in [-0.1, -0.05) is 44.2 Å². The van der Waals surface area contributed by atoms with Crippen molar-refractivity contribution >= 4 is 11.8 Å². The first kappa shape index (κ1) is 20.0. The zero-order valence-corrected chi connectivity index (χ0v) is 16.9. The molecule has 2 bridgehead atoms. The van der Waals surface area contributed by atoms with E-state index in [1.54, 1.807) is 20.8 Å². The Labute approximate surface area is 161 Å². The molecular formula is C22H30O5. The molecule has 1 aromatic rings. The molecule has 0 saturated carbocycles. The average Bonchev–Trinajstić information content (AvgIpc) is 2.89. The van der Waals surface area contributed by atoms with Crippen LogP contribution in [0.25, 0.3) is 0 Å². The largest absolute Gasteiger partial charge is 0.457 e. The van der Waals surface area contributed by atoms with Crippen molar-refractivity contribution in [3.05, 3.63) is 35.9 Å². The summed E-state index contributed by atoms with van der Waals surface area (Å²) < 4.78 is 18.1. The number of carbonyl (C=O) groups is 2.